The number of hydrogen-bond donors (Lipinski definition) is 2. The molecule has 0 fully saturated rings. The van der Waals surface area contributed by atoms with Crippen molar-refractivity contribution >= 4 is 50.7 Å². The van der Waals surface area contributed by atoms with Gasteiger partial charge in [0.1, 0.15) is 11.4 Å². The van der Waals surface area contributed by atoms with E-state index in [9.17, 15) is 4.79 Å². The minimum atomic E-state index is -0.841. The van der Waals surface area contributed by atoms with Crippen LogP contribution in [-0.2, 0) is 16.0 Å². The van der Waals surface area contributed by atoms with Crippen LogP contribution in [0.5, 0.6) is 0 Å². The van der Waals surface area contributed by atoms with E-state index in [1.165, 1.54) is 11.1 Å². The Kier molecular flexibility index (Phi) is 7.07. The lowest BCUT2D eigenvalue weighted by atomic mass is 10.1. The number of aromatic amines is 1. The van der Waals surface area contributed by atoms with Crippen LogP contribution in [0.4, 0.5) is 16.7 Å². The van der Waals surface area contributed by atoms with Gasteiger partial charge in [-0.05, 0) is 80.7 Å². The van der Waals surface area contributed by atoms with E-state index in [4.69, 9.17) is 19.4 Å². The quantitative estimate of drug-likeness (QED) is 0.294. The number of carbonyl (C=O) groups is 1. The fraction of sp³-hybridized carbons (Fsp3) is 0.458. The van der Waals surface area contributed by atoms with E-state index >= 15 is 0 Å². The van der Waals surface area contributed by atoms with E-state index in [-0.39, 0.29) is 6.10 Å². The number of nitrogens with zero attached hydrogens (tertiary/aromatic N) is 6. The summed E-state index contributed by atoms with van der Waals surface area (Å²) in [5, 5.41) is 7.71. The Labute approximate surface area is 217 Å². The van der Waals surface area contributed by atoms with Crippen LogP contribution in [0.3, 0.4) is 0 Å². The van der Waals surface area contributed by atoms with Crippen LogP contribution in [0.15, 0.2) is 22.8 Å². The molecule has 4 aromatic rings. The summed E-state index contributed by atoms with van der Waals surface area (Å²) in [7, 11) is 1.84. The Morgan fingerprint density at radius 1 is 1.22 bits per heavy atom. The van der Waals surface area contributed by atoms with E-state index in [1.54, 1.807) is 24.6 Å². The van der Waals surface area contributed by atoms with Crippen molar-refractivity contribution < 1.29 is 14.3 Å². The number of H-pyrrole nitrogens is 1. The summed E-state index contributed by atoms with van der Waals surface area (Å²) in [6.45, 7) is 12.1. The highest BCUT2D eigenvalue weighted by molar-refractivity contribution is 9.10. The van der Waals surface area contributed by atoms with Gasteiger partial charge in [-0.3, -0.25) is 0 Å². The predicted octanol–water partition coefficient (Wildman–Crippen LogP) is 4.77. The minimum absolute atomic E-state index is 0.260. The van der Waals surface area contributed by atoms with E-state index in [2.05, 4.69) is 62.3 Å². The predicted molar refractivity (Wildman–Crippen MR) is 141 cm³/mol. The van der Waals surface area contributed by atoms with Gasteiger partial charge in [-0.2, -0.15) is 19.6 Å². The number of benzene rings is 1. The molecule has 0 amide bonds. The molecule has 12 heteroatoms. The molecule has 0 saturated heterocycles. The van der Waals surface area contributed by atoms with E-state index < -0.39 is 11.8 Å². The minimum Gasteiger partial charge on any atom is -0.432 e. The first-order valence-electron chi connectivity index (χ1n) is 11.6. The normalized spacial score (nSPS) is 11.9. The molecule has 0 spiro atoms. The summed E-state index contributed by atoms with van der Waals surface area (Å²) in [6, 6.07) is 4.18. The molecule has 11 nitrogen and oxygen atoms in total. The highest BCUT2D eigenvalue weighted by Crippen LogP contribution is 2.23. The van der Waals surface area contributed by atoms with Crippen LogP contribution in [-0.4, -0.2) is 61.0 Å². The summed E-state index contributed by atoms with van der Waals surface area (Å²) in [4.78, 5) is 31.2. The van der Waals surface area contributed by atoms with Crippen molar-refractivity contribution in [2.45, 2.75) is 59.8 Å². The number of aryl methyl sites for hydroxylation is 2. The van der Waals surface area contributed by atoms with Crippen LogP contribution < -0.4 is 10.2 Å². The second-order valence-corrected chi connectivity index (χ2v) is 10.6. The fourth-order valence-corrected chi connectivity index (χ4v) is 4.16. The number of aromatic nitrogens is 6. The van der Waals surface area contributed by atoms with E-state index in [0.29, 0.717) is 30.6 Å². The van der Waals surface area contributed by atoms with Gasteiger partial charge in [-0.15, -0.1) is 0 Å². The molecule has 2 N–H and O–H groups in total. The molecule has 0 unspecified atom stereocenters. The molecule has 1 aromatic carbocycles. The topological polar surface area (TPSA) is 123 Å². The number of likely N-dealkylation sites (N-methyl/N-ethyl adjacent to an activating group) is 1. The largest absolute Gasteiger partial charge is 0.509 e. The molecule has 0 atom stereocenters. The number of nitrogens with one attached hydrogen (secondary N) is 2. The molecular weight excluding hydrogens is 528 g/mol. The highest BCUT2D eigenvalue weighted by Gasteiger charge is 2.28. The van der Waals surface area contributed by atoms with Crippen molar-refractivity contribution in [3.05, 3.63) is 39.8 Å². The summed E-state index contributed by atoms with van der Waals surface area (Å²) >= 11 is 3.51. The lowest BCUT2D eigenvalue weighted by Gasteiger charge is -2.30. The summed E-state index contributed by atoms with van der Waals surface area (Å²) in [6.07, 6.45) is 0.696. The molecule has 0 aliphatic rings. The molecular formula is C24H31BrN8O3. The second-order valence-electron chi connectivity index (χ2n) is 9.70. The monoisotopic (exact) mass is 558 g/mol. The van der Waals surface area contributed by atoms with Gasteiger partial charge >= 0.3 is 6.16 Å². The molecule has 3 heterocycles. The van der Waals surface area contributed by atoms with Crippen molar-refractivity contribution in [1.29, 1.82) is 0 Å². The van der Waals surface area contributed by atoms with Crippen molar-refractivity contribution in [2.75, 3.05) is 23.8 Å². The number of rotatable bonds is 8. The van der Waals surface area contributed by atoms with Gasteiger partial charge in [0.25, 0.3) is 0 Å². The average Bonchev–Trinajstić information content (AvgIpc) is 3.33. The Morgan fingerprint density at radius 3 is 2.67 bits per heavy atom. The van der Waals surface area contributed by atoms with E-state index in [1.807, 2.05) is 25.8 Å². The van der Waals surface area contributed by atoms with Crippen molar-refractivity contribution in [2.24, 2.45) is 0 Å². The van der Waals surface area contributed by atoms with Crippen LogP contribution in [0.25, 0.3) is 16.7 Å². The third kappa shape index (κ3) is 5.69. The number of anilines is 2. The Morgan fingerprint density at radius 2 is 1.94 bits per heavy atom. The maximum atomic E-state index is 12.0. The van der Waals surface area contributed by atoms with Gasteiger partial charge < -0.3 is 24.7 Å². The number of hydrogen-bond acceptors (Lipinski definition) is 9. The number of carbonyl (C=O) groups excluding carboxylic acids is 1. The van der Waals surface area contributed by atoms with Crippen LogP contribution in [0, 0.1) is 13.8 Å². The lowest BCUT2D eigenvalue weighted by Crippen LogP contribution is -2.41. The zero-order chi connectivity index (χ0) is 26.2. The number of halogens is 1. The molecule has 0 aliphatic carbocycles. The Hall–Kier alpha value is -3.41. The Balaban J connectivity index is 1.56. The molecule has 0 saturated carbocycles. The molecule has 3 aromatic heterocycles. The molecule has 36 heavy (non-hydrogen) atoms. The first-order valence-corrected chi connectivity index (χ1v) is 12.4. The van der Waals surface area contributed by atoms with Crippen molar-refractivity contribution in [3.8, 4) is 0 Å². The summed E-state index contributed by atoms with van der Waals surface area (Å²) < 4.78 is 13.0. The molecule has 0 radical (unpaired) electrons. The SMILES string of the molecule is Cc1cc2nc(CNc3nc(N(C)CC(C)(C)OC(=O)OC(C)C)nc4c(Br)cnn34)[nH]c2cc1C. The number of ether oxygens (including phenoxy) is 2. The molecule has 0 aliphatic heterocycles. The van der Waals surface area contributed by atoms with Gasteiger partial charge in [0.15, 0.2) is 5.65 Å². The zero-order valence-electron chi connectivity index (χ0n) is 21.5. The van der Waals surface area contributed by atoms with Crippen LogP contribution >= 0.6 is 15.9 Å². The third-order valence-electron chi connectivity index (χ3n) is 5.52. The van der Waals surface area contributed by atoms with Gasteiger partial charge in [-0.1, -0.05) is 0 Å². The smallest absolute Gasteiger partial charge is 0.432 e. The molecule has 192 valence electrons. The van der Waals surface area contributed by atoms with E-state index in [0.717, 1.165) is 21.3 Å². The molecule has 4 rings (SSSR count). The standard InChI is InChI=1S/C24H31BrN8O3/c1-13(2)35-23(34)36-24(5,6)12-32(7)22-30-20-16(25)10-27-33(20)21(31-22)26-11-19-28-17-8-14(3)15(4)9-18(17)29-19/h8-10,13H,11-12H2,1-7H3,(H,28,29)(H,26,30,31). The molecule has 0 bridgehead atoms. The maximum absolute atomic E-state index is 12.0. The van der Waals surface area contributed by atoms with Crippen LogP contribution in [0.1, 0.15) is 44.6 Å². The summed E-state index contributed by atoms with van der Waals surface area (Å²) in [5.41, 5.74) is 4.08. The van der Waals surface area contributed by atoms with Gasteiger partial charge in [0, 0.05) is 7.05 Å². The maximum Gasteiger partial charge on any atom is 0.509 e. The third-order valence-corrected chi connectivity index (χ3v) is 6.08. The second kappa shape index (κ2) is 9.92. The highest BCUT2D eigenvalue weighted by atomic mass is 79.9. The van der Waals surface area contributed by atoms with Crippen LogP contribution in [0.2, 0.25) is 0 Å². The summed E-state index contributed by atoms with van der Waals surface area (Å²) in [5.74, 6) is 1.72. The number of fused-ring (bicyclic) bond motifs is 2. The van der Waals surface area contributed by atoms with Gasteiger partial charge in [-0.25, -0.2) is 9.78 Å². The van der Waals surface area contributed by atoms with Gasteiger partial charge in [0.05, 0.1) is 40.9 Å². The first-order chi connectivity index (χ1) is 16.9. The van der Waals surface area contributed by atoms with Crippen molar-refractivity contribution in [1.82, 2.24) is 29.5 Å². The van der Waals surface area contributed by atoms with Gasteiger partial charge in [0.2, 0.25) is 11.9 Å². The fourth-order valence-electron chi connectivity index (χ4n) is 3.81. The van der Waals surface area contributed by atoms with Crippen molar-refractivity contribution in [3.63, 3.8) is 0 Å². The number of imidazole rings is 1. The zero-order valence-corrected chi connectivity index (χ0v) is 23.1. The first kappa shape index (κ1) is 25.7. The average molecular weight is 559 g/mol. The lowest BCUT2D eigenvalue weighted by molar-refractivity contribution is -0.0244. The Bertz CT molecular complexity index is 1370.